The van der Waals surface area contributed by atoms with Gasteiger partial charge in [-0.2, -0.15) is 0 Å². The number of hydrogen-bond donors (Lipinski definition) is 1. The lowest BCUT2D eigenvalue weighted by Gasteiger charge is -2.06. The Kier molecular flexibility index (Phi) is 2.40. The zero-order valence-electron chi connectivity index (χ0n) is 8.27. The van der Waals surface area contributed by atoms with Crippen LogP contribution < -0.4 is 5.56 Å². The Morgan fingerprint density at radius 1 is 1.50 bits per heavy atom. The molecule has 2 aromatic rings. The predicted molar refractivity (Wildman–Crippen MR) is 59.0 cm³/mol. The van der Waals surface area contributed by atoms with E-state index in [-0.39, 0.29) is 10.7 Å². The number of aryl methyl sites for hydroxylation is 1. The molecular weight excluding hydrogens is 232 g/mol. The van der Waals surface area contributed by atoms with Crippen LogP contribution in [0.5, 0.6) is 0 Å². The first-order valence-electron chi connectivity index (χ1n) is 4.39. The van der Waals surface area contributed by atoms with Crippen LogP contribution in [0.25, 0.3) is 10.9 Å². The van der Waals surface area contributed by atoms with E-state index in [2.05, 4.69) is 4.98 Å². The maximum absolute atomic E-state index is 11.7. The summed E-state index contributed by atoms with van der Waals surface area (Å²) in [5.41, 5.74) is -0.295. The van der Waals surface area contributed by atoms with Gasteiger partial charge in [-0.05, 0) is 12.1 Å². The van der Waals surface area contributed by atoms with Crippen LogP contribution in [0.2, 0.25) is 5.15 Å². The summed E-state index contributed by atoms with van der Waals surface area (Å²) in [5.74, 6) is -1.25. The fourth-order valence-corrected chi connectivity index (χ4v) is 1.65. The SMILES string of the molecule is Cn1c(=O)c(C(=O)O)cc2cnc(Cl)cc21. The molecule has 6 heteroatoms. The summed E-state index contributed by atoms with van der Waals surface area (Å²) in [4.78, 5) is 26.3. The van der Waals surface area contributed by atoms with Crippen LogP contribution in [0.1, 0.15) is 10.4 Å². The number of pyridine rings is 2. The highest BCUT2D eigenvalue weighted by Crippen LogP contribution is 2.15. The molecule has 2 heterocycles. The van der Waals surface area contributed by atoms with Gasteiger partial charge in [0.2, 0.25) is 0 Å². The van der Waals surface area contributed by atoms with Gasteiger partial charge < -0.3 is 9.67 Å². The molecule has 0 saturated heterocycles. The summed E-state index contributed by atoms with van der Waals surface area (Å²) >= 11 is 5.70. The van der Waals surface area contributed by atoms with Crippen molar-refractivity contribution in [3.05, 3.63) is 39.4 Å². The molecule has 0 aliphatic heterocycles. The lowest BCUT2D eigenvalue weighted by atomic mass is 10.2. The number of aromatic carboxylic acids is 1. The second-order valence-corrected chi connectivity index (χ2v) is 3.68. The fourth-order valence-electron chi connectivity index (χ4n) is 1.49. The average molecular weight is 239 g/mol. The normalized spacial score (nSPS) is 10.6. The predicted octanol–water partition coefficient (Wildman–Crippen LogP) is 1.29. The molecule has 5 nitrogen and oxygen atoms in total. The van der Waals surface area contributed by atoms with Gasteiger partial charge in [0.05, 0.1) is 5.52 Å². The third-order valence-corrected chi connectivity index (χ3v) is 2.51. The number of hydrogen-bond acceptors (Lipinski definition) is 3. The summed E-state index contributed by atoms with van der Waals surface area (Å²) in [6, 6.07) is 2.81. The van der Waals surface area contributed by atoms with E-state index >= 15 is 0 Å². The van der Waals surface area contributed by atoms with Gasteiger partial charge in [-0.15, -0.1) is 0 Å². The summed E-state index contributed by atoms with van der Waals surface area (Å²) < 4.78 is 1.24. The number of nitrogens with zero attached hydrogens (tertiary/aromatic N) is 2. The van der Waals surface area contributed by atoms with Crippen molar-refractivity contribution in [1.29, 1.82) is 0 Å². The highest BCUT2D eigenvalue weighted by Gasteiger charge is 2.12. The molecule has 16 heavy (non-hydrogen) atoms. The van der Waals surface area contributed by atoms with Crippen LogP contribution in [-0.2, 0) is 7.05 Å². The van der Waals surface area contributed by atoms with Gasteiger partial charge in [0.25, 0.3) is 5.56 Å². The van der Waals surface area contributed by atoms with E-state index in [1.165, 1.54) is 29.9 Å². The summed E-state index contributed by atoms with van der Waals surface area (Å²) in [6.07, 6.45) is 1.43. The molecule has 82 valence electrons. The van der Waals surface area contributed by atoms with Crippen molar-refractivity contribution in [3.8, 4) is 0 Å². The largest absolute Gasteiger partial charge is 0.477 e. The lowest BCUT2D eigenvalue weighted by Crippen LogP contribution is -2.24. The molecule has 0 radical (unpaired) electrons. The van der Waals surface area contributed by atoms with Gasteiger partial charge in [-0.3, -0.25) is 4.79 Å². The maximum Gasteiger partial charge on any atom is 0.341 e. The van der Waals surface area contributed by atoms with Crippen LogP contribution in [0, 0.1) is 0 Å². The Morgan fingerprint density at radius 3 is 2.81 bits per heavy atom. The summed E-state index contributed by atoms with van der Waals surface area (Å²) in [7, 11) is 1.49. The quantitative estimate of drug-likeness (QED) is 0.760. The van der Waals surface area contributed by atoms with Crippen LogP contribution in [0.15, 0.2) is 23.1 Å². The van der Waals surface area contributed by atoms with Crippen molar-refractivity contribution in [3.63, 3.8) is 0 Å². The Hall–Kier alpha value is -1.88. The molecule has 0 spiro atoms. The highest BCUT2D eigenvalue weighted by atomic mass is 35.5. The number of carbonyl (C=O) groups is 1. The number of carboxylic acid groups (broad SMARTS) is 1. The van der Waals surface area contributed by atoms with Crippen LogP contribution in [0.4, 0.5) is 0 Å². The van der Waals surface area contributed by atoms with Crippen molar-refractivity contribution in [2.24, 2.45) is 7.05 Å². The molecule has 0 amide bonds. The number of halogens is 1. The van der Waals surface area contributed by atoms with Gasteiger partial charge in [-0.25, -0.2) is 9.78 Å². The van der Waals surface area contributed by atoms with Gasteiger partial charge >= 0.3 is 5.97 Å². The van der Waals surface area contributed by atoms with Crippen molar-refractivity contribution in [2.75, 3.05) is 0 Å². The third-order valence-electron chi connectivity index (χ3n) is 2.31. The molecule has 1 N–H and O–H groups in total. The minimum absolute atomic E-state index is 0.255. The molecule has 2 aromatic heterocycles. The van der Waals surface area contributed by atoms with Crippen LogP contribution in [0.3, 0.4) is 0 Å². The molecule has 0 aromatic carbocycles. The third kappa shape index (κ3) is 1.55. The molecule has 0 aliphatic carbocycles. The van der Waals surface area contributed by atoms with Crippen molar-refractivity contribution in [1.82, 2.24) is 9.55 Å². The van der Waals surface area contributed by atoms with E-state index in [1.54, 1.807) is 0 Å². The van der Waals surface area contributed by atoms with E-state index < -0.39 is 11.5 Å². The number of fused-ring (bicyclic) bond motifs is 1. The molecule has 0 fully saturated rings. The van der Waals surface area contributed by atoms with E-state index in [0.29, 0.717) is 10.9 Å². The molecule has 0 bridgehead atoms. The number of aromatic nitrogens is 2. The topological polar surface area (TPSA) is 72.2 Å². The second-order valence-electron chi connectivity index (χ2n) is 3.29. The van der Waals surface area contributed by atoms with Crippen LogP contribution >= 0.6 is 11.6 Å². The van der Waals surface area contributed by atoms with Crippen molar-refractivity contribution < 1.29 is 9.90 Å². The number of carboxylic acids is 1. The molecular formula is C10H7ClN2O3. The minimum atomic E-state index is -1.25. The van der Waals surface area contributed by atoms with E-state index in [9.17, 15) is 9.59 Å². The van der Waals surface area contributed by atoms with E-state index in [0.717, 1.165) is 0 Å². The van der Waals surface area contributed by atoms with Gasteiger partial charge in [0.1, 0.15) is 10.7 Å². The summed E-state index contributed by atoms with van der Waals surface area (Å²) in [5, 5.41) is 9.66. The van der Waals surface area contributed by atoms with Gasteiger partial charge in [0, 0.05) is 18.6 Å². The van der Waals surface area contributed by atoms with Crippen LogP contribution in [-0.4, -0.2) is 20.6 Å². The average Bonchev–Trinajstić information content (AvgIpc) is 2.23. The monoisotopic (exact) mass is 238 g/mol. The maximum atomic E-state index is 11.7. The van der Waals surface area contributed by atoms with E-state index in [4.69, 9.17) is 16.7 Å². The fraction of sp³-hybridized carbons (Fsp3) is 0.100. The van der Waals surface area contributed by atoms with Crippen molar-refractivity contribution >= 4 is 28.5 Å². The first-order chi connectivity index (χ1) is 7.50. The number of rotatable bonds is 1. The lowest BCUT2D eigenvalue weighted by molar-refractivity contribution is 0.0694. The Balaban J connectivity index is 2.94. The molecule has 0 atom stereocenters. The summed E-state index contributed by atoms with van der Waals surface area (Å²) in [6.45, 7) is 0. The highest BCUT2D eigenvalue weighted by molar-refractivity contribution is 6.30. The van der Waals surface area contributed by atoms with Gasteiger partial charge in [0.15, 0.2) is 0 Å². The zero-order chi connectivity index (χ0) is 11.9. The molecule has 0 saturated carbocycles. The zero-order valence-corrected chi connectivity index (χ0v) is 9.02. The van der Waals surface area contributed by atoms with Crippen molar-refractivity contribution in [2.45, 2.75) is 0 Å². The minimum Gasteiger partial charge on any atom is -0.477 e. The van der Waals surface area contributed by atoms with Gasteiger partial charge in [-0.1, -0.05) is 11.6 Å². The standard InChI is InChI=1S/C10H7ClN2O3/c1-13-7-3-8(11)12-4-5(7)2-6(9(13)14)10(15)16/h2-4H,1H3,(H,15,16). The first kappa shape index (κ1) is 10.6. The Labute approximate surface area is 94.9 Å². The smallest absolute Gasteiger partial charge is 0.341 e. The molecule has 2 rings (SSSR count). The second kappa shape index (κ2) is 3.61. The Morgan fingerprint density at radius 2 is 2.19 bits per heavy atom. The molecule has 0 aliphatic rings. The van der Waals surface area contributed by atoms with E-state index in [1.807, 2.05) is 0 Å². The Bertz CT molecular complexity index is 648. The first-order valence-corrected chi connectivity index (χ1v) is 4.77. The molecule has 0 unspecified atom stereocenters.